The highest BCUT2D eigenvalue weighted by molar-refractivity contribution is 5.92. The molecule has 0 N–H and O–H groups in total. The van der Waals surface area contributed by atoms with Crippen molar-refractivity contribution in [2.24, 2.45) is 0 Å². The zero-order valence-electron chi connectivity index (χ0n) is 15.9. The van der Waals surface area contributed by atoms with E-state index in [9.17, 15) is 4.79 Å². The van der Waals surface area contributed by atoms with E-state index in [1.807, 2.05) is 24.3 Å². The van der Waals surface area contributed by atoms with Crippen molar-refractivity contribution in [1.82, 2.24) is 24.8 Å². The molecule has 10 heteroatoms. The number of hydrogen-bond acceptors (Lipinski definition) is 8. The van der Waals surface area contributed by atoms with E-state index in [-0.39, 0.29) is 24.3 Å². The van der Waals surface area contributed by atoms with Crippen molar-refractivity contribution < 1.29 is 23.5 Å². The first-order valence-corrected chi connectivity index (χ1v) is 9.17. The summed E-state index contributed by atoms with van der Waals surface area (Å²) < 4.78 is 23.5. The zero-order valence-corrected chi connectivity index (χ0v) is 15.9. The van der Waals surface area contributed by atoms with Crippen LogP contribution in [-0.2, 0) is 16.1 Å². The van der Waals surface area contributed by atoms with Gasteiger partial charge in [0.15, 0.2) is 11.5 Å². The topological polar surface area (TPSA) is 105 Å². The van der Waals surface area contributed by atoms with Gasteiger partial charge in [-0.3, -0.25) is 4.79 Å². The van der Waals surface area contributed by atoms with Crippen LogP contribution in [0.4, 0.5) is 0 Å². The maximum atomic E-state index is 12.5. The predicted molar refractivity (Wildman–Crippen MR) is 99.7 cm³/mol. The quantitative estimate of drug-likeness (QED) is 0.586. The monoisotopic (exact) mass is 399 g/mol. The minimum absolute atomic E-state index is 0.132. The van der Waals surface area contributed by atoms with E-state index < -0.39 is 0 Å². The number of benzene rings is 1. The number of likely N-dealkylation sites (N-methyl/N-ethyl adjacent to an activating group) is 1. The summed E-state index contributed by atoms with van der Waals surface area (Å²) in [5.74, 6) is 0.871. The average molecular weight is 399 g/mol. The minimum Gasteiger partial charge on any atom is -0.486 e. The van der Waals surface area contributed by atoms with E-state index in [0.29, 0.717) is 37.9 Å². The van der Waals surface area contributed by atoms with E-state index >= 15 is 0 Å². The van der Waals surface area contributed by atoms with Crippen molar-refractivity contribution in [2.75, 3.05) is 33.4 Å². The Labute approximate surface area is 167 Å². The second-order valence-electron chi connectivity index (χ2n) is 6.55. The summed E-state index contributed by atoms with van der Waals surface area (Å²) >= 11 is 0. The van der Waals surface area contributed by atoms with E-state index in [1.54, 1.807) is 29.0 Å². The molecule has 1 atom stereocenters. The Morgan fingerprint density at radius 3 is 2.90 bits per heavy atom. The van der Waals surface area contributed by atoms with Crippen LogP contribution in [0.15, 0.2) is 47.5 Å². The SMILES string of the molecule is CN(CC1COCCO1)C(=O)c1cc(COc2ccc(-n3cncn3)cc2)on1. The van der Waals surface area contributed by atoms with Crippen molar-refractivity contribution >= 4 is 5.91 Å². The lowest BCUT2D eigenvalue weighted by molar-refractivity contribution is -0.0934. The molecule has 1 aliphatic heterocycles. The van der Waals surface area contributed by atoms with Gasteiger partial charge in [0.05, 0.1) is 31.6 Å². The lowest BCUT2D eigenvalue weighted by atomic mass is 10.3. The number of aromatic nitrogens is 4. The number of amides is 1. The van der Waals surface area contributed by atoms with Crippen molar-refractivity contribution in [3.05, 3.63) is 54.4 Å². The number of nitrogens with zero attached hydrogens (tertiary/aromatic N) is 5. The van der Waals surface area contributed by atoms with Crippen molar-refractivity contribution in [1.29, 1.82) is 0 Å². The Balaban J connectivity index is 1.30. The van der Waals surface area contributed by atoms with Gasteiger partial charge in [-0.2, -0.15) is 5.10 Å². The molecule has 3 heterocycles. The molecule has 0 saturated carbocycles. The number of rotatable bonds is 7. The highest BCUT2D eigenvalue weighted by Gasteiger charge is 2.22. The summed E-state index contributed by atoms with van der Waals surface area (Å²) in [5, 5.41) is 7.92. The molecule has 3 aromatic rings. The second kappa shape index (κ2) is 8.84. The molecule has 0 aliphatic carbocycles. The first-order chi connectivity index (χ1) is 14.2. The number of carbonyl (C=O) groups excluding carboxylic acids is 1. The van der Waals surface area contributed by atoms with Gasteiger partial charge < -0.3 is 23.6 Å². The Morgan fingerprint density at radius 2 is 2.17 bits per heavy atom. The summed E-state index contributed by atoms with van der Waals surface area (Å²) in [4.78, 5) is 18.0. The Hall–Kier alpha value is -3.24. The maximum Gasteiger partial charge on any atom is 0.275 e. The molecule has 1 saturated heterocycles. The van der Waals surface area contributed by atoms with Crippen LogP contribution >= 0.6 is 0 Å². The van der Waals surface area contributed by atoms with Crippen LogP contribution < -0.4 is 4.74 Å². The zero-order chi connectivity index (χ0) is 20.1. The van der Waals surface area contributed by atoms with Gasteiger partial charge in [-0.15, -0.1) is 0 Å². The number of ether oxygens (including phenoxy) is 3. The highest BCUT2D eigenvalue weighted by atomic mass is 16.6. The first kappa shape index (κ1) is 19.1. The van der Waals surface area contributed by atoms with E-state index in [2.05, 4.69) is 15.2 Å². The van der Waals surface area contributed by atoms with Crippen LogP contribution in [-0.4, -0.2) is 70.2 Å². The average Bonchev–Trinajstić information content (AvgIpc) is 3.45. The third kappa shape index (κ3) is 4.79. The summed E-state index contributed by atoms with van der Waals surface area (Å²) in [6.45, 7) is 2.19. The Bertz CT molecular complexity index is 919. The molecular weight excluding hydrogens is 378 g/mol. The van der Waals surface area contributed by atoms with E-state index in [0.717, 1.165) is 5.69 Å². The fourth-order valence-electron chi connectivity index (χ4n) is 2.90. The number of carbonyl (C=O) groups is 1. The molecule has 2 aromatic heterocycles. The normalized spacial score (nSPS) is 16.5. The summed E-state index contributed by atoms with van der Waals surface area (Å²) in [5.41, 5.74) is 1.10. The van der Waals surface area contributed by atoms with Crippen LogP contribution in [0.25, 0.3) is 5.69 Å². The maximum absolute atomic E-state index is 12.5. The molecule has 4 rings (SSSR count). The predicted octanol–water partition coefficient (Wildman–Crippen LogP) is 1.32. The fourth-order valence-corrected chi connectivity index (χ4v) is 2.90. The smallest absolute Gasteiger partial charge is 0.275 e. The highest BCUT2D eigenvalue weighted by Crippen LogP contribution is 2.17. The molecular formula is C19H21N5O5. The second-order valence-corrected chi connectivity index (χ2v) is 6.55. The van der Waals surface area contributed by atoms with Crippen LogP contribution in [0, 0.1) is 0 Å². The first-order valence-electron chi connectivity index (χ1n) is 9.17. The molecule has 0 radical (unpaired) electrons. The summed E-state index contributed by atoms with van der Waals surface area (Å²) in [6, 6.07) is 8.95. The van der Waals surface area contributed by atoms with Crippen molar-refractivity contribution in [3.63, 3.8) is 0 Å². The van der Waals surface area contributed by atoms with Gasteiger partial charge in [0.1, 0.15) is 25.0 Å². The molecule has 29 heavy (non-hydrogen) atoms. The lowest BCUT2D eigenvalue weighted by Crippen LogP contribution is -2.40. The third-order valence-electron chi connectivity index (χ3n) is 4.39. The van der Waals surface area contributed by atoms with Gasteiger partial charge in [0.25, 0.3) is 5.91 Å². The van der Waals surface area contributed by atoms with Crippen molar-refractivity contribution in [2.45, 2.75) is 12.7 Å². The molecule has 1 unspecified atom stereocenters. The van der Waals surface area contributed by atoms with E-state index in [4.69, 9.17) is 18.7 Å². The Morgan fingerprint density at radius 1 is 1.31 bits per heavy atom. The molecule has 1 fully saturated rings. The molecule has 1 amide bonds. The van der Waals surface area contributed by atoms with Gasteiger partial charge in [0.2, 0.25) is 0 Å². The molecule has 1 aromatic carbocycles. The minimum atomic E-state index is -0.244. The molecule has 10 nitrogen and oxygen atoms in total. The van der Waals surface area contributed by atoms with Crippen LogP contribution in [0.5, 0.6) is 5.75 Å². The van der Waals surface area contributed by atoms with E-state index in [1.165, 1.54) is 6.33 Å². The third-order valence-corrected chi connectivity index (χ3v) is 4.39. The molecule has 0 spiro atoms. The van der Waals surface area contributed by atoms with Crippen LogP contribution in [0.3, 0.4) is 0 Å². The van der Waals surface area contributed by atoms with Crippen molar-refractivity contribution in [3.8, 4) is 11.4 Å². The largest absolute Gasteiger partial charge is 0.486 e. The van der Waals surface area contributed by atoms with Crippen LogP contribution in [0.1, 0.15) is 16.2 Å². The van der Waals surface area contributed by atoms with Gasteiger partial charge in [-0.25, -0.2) is 9.67 Å². The van der Waals surface area contributed by atoms with Gasteiger partial charge in [0, 0.05) is 19.7 Å². The fraction of sp³-hybridized carbons (Fsp3) is 0.368. The van der Waals surface area contributed by atoms with Gasteiger partial charge in [-0.1, -0.05) is 5.16 Å². The molecule has 1 aliphatic rings. The summed E-state index contributed by atoms with van der Waals surface area (Å²) in [6.07, 6.45) is 2.96. The molecule has 152 valence electrons. The van der Waals surface area contributed by atoms with Gasteiger partial charge >= 0.3 is 0 Å². The van der Waals surface area contributed by atoms with Gasteiger partial charge in [-0.05, 0) is 24.3 Å². The number of hydrogen-bond donors (Lipinski definition) is 0. The molecule has 0 bridgehead atoms. The Kier molecular flexibility index (Phi) is 5.82. The lowest BCUT2D eigenvalue weighted by Gasteiger charge is -2.27. The van der Waals surface area contributed by atoms with Crippen LogP contribution in [0.2, 0.25) is 0 Å². The summed E-state index contributed by atoms with van der Waals surface area (Å²) in [7, 11) is 1.70. The standard InChI is InChI=1S/C19H21N5O5/c1-23(9-17-10-26-6-7-27-17)19(25)18-8-16(29-22-18)11-28-15-4-2-14(3-5-15)24-13-20-12-21-24/h2-5,8,12-13,17H,6-7,9-11H2,1H3.